The van der Waals surface area contributed by atoms with Gasteiger partial charge in [-0.15, -0.1) is 0 Å². The lowest BCUT2D eigenvalue weighted by molar-refractivity contribution is 0.340. The van der Waals surface area contributed by atoms with Crippen molar-refractivity contribution in [3.63, 3.8) is 0 Å². The highest BCUT2D eigenvalue weighted by Gasteiger charge is 2.14. The molecule has 3 nitrogen and oxygen atoms in total. The molecule has 0 spiro atoms. The number of nitrogens with one attached hydrogen (secondary N) is 1. The molecule has 1 unspecified atom stereocenters. The summed E-state index contributed by atoms with van der Waals surface area (Å²) in [5.41, 5.74) is 3.68. The maximum atomic E-state index is 5.50. The summed E-state index contributed by atoms with van der Waals surface area (Å²) < 4.78 is 10.8. The maximum Gasteiger partial charge on any atom is 0.119 e. The predicted octanol–water partition coefficient (Wildman–Crippen LogP) is 3.71. The van der Waals surface area contributed by atoms with Crippen molar-refractivity contribution < 1.29 is 9.47 Å². The van der Waals surface area contributed by atoms with Crippen LogP contribution in [0.4, 0.5) is 0 Å². The van der Waals surface area contributed by atoms with Gasteiger partial charge in [0, 0.05) is 0 Å². The highest BCUT2D eigenvalue weighted by Crippen LogP contribution is 2.28. The van der Waals surface area contributed by atoms with Crippen LogP contribution in [0, 0.1) is 6.92 Å². The molecular weight excluding hydrogens is 262 g/mol. The Morgan fingerprint density at radius 2 is 1.71 bits per heavy atom. The topological polar surface area (TPSA) is 30.5 Å². The summed E-state index contributed by atoms with van der Waals surface area (Å²) >= 11 is 0. The fourth-order valence-corrected chi connectivity index (χ4v) is 2.52. The van der Waals surface area contributed by atoms with Gasteiger partial charge in [-0.2, -0.15) is 0 Å². The van der Waals surface area contributed by atoms with Crippen molar-refractivity contribution in [3.8, 4) is 11.5 Å². The van der Waals surface area contributed by atoms with E-state index in [2.05, 4.69) is 36.5 Å². The van der Waals surface area contributed by atoms with Gasteiger partial charge in [-0.3, -0.25) is 0 Å². The van der Waals surface area contributed by atoms with E-state index in [1.54, 1.807) is 7.11 Å². The van der Waals surface area contributed by atoms with Gasteiger partial charge in [0.2, 0.25) is 0 Å². The summed E-state index contributed by atoms with van der Waals surface area (Å²) in [7, 11) is 3.67. The van der Waals surface area contributed by atoms with Crippen molar-refractivity contribution in [1.29, 1.82) is 0 Å². The molecule has 1 atom stereocenters. The van der Waals surface area contributed by atoms with E-state index < -0.39 is 0 Å². The van der Waals surface area contributed by atoms with Crippen LogP contribution in [0.3, 0.4) is 0 Å². The summed E-state index contributed by atoms with van der Waals surface area (Å²) in [5.74, 6) is 1.79. The molecule has 2 aromatic carbocycles. The highest BCUT2D eigenvalue weighted by molar-refractivity contribution is 5.42. The lowest BCUT2D eigenvalue weighted by Crippen LogP contribution is -2.18. The SMILES string of the molecule is CCOc1ccc(C(NC)c2ccc(OC)cc2C)cc1. The largest absolute Gasteiger partial charge is 0.497 e. The molecule has 3 heteroatoms. The normalized spacial score (nSPS) is 12.0. The average molecular weight is 285 g/mol. The molecule has 2 rings (SSSR count). The molecular formula is C18H23NO2. The first-order chi connectivity index (χ1) is 10.2. The molecule has 0 aliphatic carbocycles. The van der Waals surface area contributed by atoms with Gasteiger partial charge in [-0.1, -0.05) is 18.2 Å². The first kappa shape index (κ1) is 15.4. The van der Waals surface area contributed by atoms with Crippen LogP contribution in [-0.4, -0.2) is 20.8 Å². The second-order valence-electron chi connectivity index (χ2n) is 4.95. The Bertz CT molecular complexity index is 578. The number of hydrogen-bond donors (Lipinski definition) is 1. The third-order valence-electron chi connectivity index (χ3n) is 3.60. The molecule has 0 saturated heterocycles. The Balaban J connectivity index is 2.30. The van der Waals surface area contributed by atoms with Gasteiger partial charge in [-0.25, -0.2) is 0 Å². The number of aryl methyl sites for hydroxylation is 1. The zero-order valence-corrected chi connectivity index (χ0v) is 13.1. The molecule has 0 saturated carbocycles. The molecule has 0 amide bonds. The van der Waals surface area contributed by atoms with Gasteiger partial charge in [0.05, 0.1) is 19.8 Å². The summed E-state index contributed by atoms with van der Waals surface area (Å²) in [6.45, 7) is 4.79. The number of ether oxygens (including phenoxy) is 2. The van der Waals surface area contributed by atoms with E-state index in [-0.39, 0.29) is 6.04 Å². The van der Waals surface area contributed by atoms with E-state index in [0.717, 1.165) is 11.5 Å². The third kappa shape index (κ3) is 3.56. The summed E-state index contributed by atoms with van der Waals surface area (Å²) in [6, 6.07) is 14.6. The standard InChI is InChI=1S/C18H23NO2/c1-5-21-15-8-6-14(7-9-15)18(19-3)17-11-10-16(20-4)12-13(17)2/h6-12,18-19H,5H2,1-4H3. The molecule has 0 aliphatic heterocycles. The van der Waals surface area contributed by atoms with E-state index in [0.29, 0.717) is 6.61 Å². The zero-order valence-electron chi connectivity index (χ0n) is 13.1. The van der Waals surface area contributed by atoms with Crippen LogP contribution in [0.1, 0.15) is 29.7 Å². The monoisotopic (exact) mass is 285 g/mol. The van der Waals surface area contributed by atoms with E-state index in [4.69, 9.17) is 9.47 Å². The Morgan fingerprint density at radius 1 is 1.05 bits per heavy atom. The molecule has 21 heavy (non-hydrogen) atoms. The van der Waals surface area contributed by atoms with Crippen LogP contribution in [0.2, 0.25) is 0 Å². The molecule has 0 bridgehead atoms. The fourth-order valence-electron chi connectivity index (χ4n) is 2.52. The highest BCUT2D eigenvalue weighted by atomic mass is 16.5. The smallest absolute Gasteiger partial charge is 0.119 e. The van der Waals surface area contributed by atoms with Crippen LogP contribution in [0.5, 0.6) is 11.5 Å². The van der Waals surface area contributed by atoms with E-state index in [1.807, 2.05) is 32.2 Å². The van der Waals surface area contributed by atoms with Gasteiger partial charge in [0.25, 0.3) is 0 Å². The molecule has 1 N–H and O–H groups in total. The van der Waals surface area contributed by atoms with Gasteiger partial charge in [0.1, 0.15) is 11.5 Å². The Labute approximate surface area is 126 Å². The van der Waals surface area contributed by atoms with Crippen molar-refractivity contribution in [2.24, 2.45) is 0 Å². The molecule has 0 aromatic heterocycles. The van der Waals surface area contributed by atoms with Gasteiger partial charge in [-0.05, 0) is 61.9 Å². The lowest BCUT2D eigenvalue weighted by Gasteiger charge is -2.20. The minimum Gasteiger partial charge on any atom is -0.497 e. The molecule has 2 aromatic rings. The quantitative estimate of drug-likeness (QED) is 0.877. The molecule has 0 aliphatic rings. The Morgan fingerprint density at radius 3 is 2.24 bits per heavy atom. The van der Waals surface area contributed by atoms with Crippen LogP contribution < -0.4 is 14.8 Å². The van der Waals surface area contributed by atoms with E-state index in [9.17, 15) is 0 Å². The lowest BCUT2D eigenvalue weighted by atomic mass is 9.95. The Hall–Kier alpha value is -2.00. The van der Waals surface area contributed by atoms with Crippen LogP contribution >= 0.6 is 0 Å². The number of benzene rings is 2. The molecule has 112 valence electrons. The second kappa shape index (κ2) is 7.14. The van der Waals surface area contributed by atoms with E-state index in [1.165, 1.54) is 16.7 Å². The first-order valence-corrected chi connectivity index (χ1v) is 7.24. The van der Waals surface area contributed by atoms with Crippen molar-refractivity contribution in [2.45, 2.75) is 19.9 Å². The van der Waals surface area contributed by atoms with Gasteiger partial charge < -0.3 is 14.8 Å². The van der Waals surface area contributed by atoms with Crippen molar-refractivity contribution >= 4 is 0 Å². The first-order valence-electron chi connectivity index (χ1n) is 7.24. The minimum atomic E-state index is 0.159. The van der Waals surface area contributed by atoms with Crippen molar-refractivity contribution in [1.82, 2.24) is 5.32 Å². The van der Waals surface area contributed by atoms with Gasteiger partial charge in [0.15, 0.2) is 0 Å². The summed E-state index contributed by atoms with van der Waals surface area (Å²) in [5, 5.41) is 3.38. The maximum absolute atomic E-state index is 5.50. The molecule has 0 fully saturated rings. The average Bonchev–Trinajstić information content (AvgIpc) is 2.51. The van der Waals surface area contributed by atoms with Crippen molar-refractivity contribution in [3.05, 3.63) is 59.2 Å². The van der Waals surface area contributed by atoms with Crippen molar-refractivity contribution in [2.75, 3.05) is 20.8 Å². The van der Waals surface area contributed by atoms with Crippen LogP contribution in [0.15, 0.2) is 42.5 Å². The van der Waals surface area contributed by atoms with Gasteiger partial charge >= 0.3 is 0 Å². The number of methoxy groups -OCH3 is 1. The Kier molecular flexibility index (Phi) is 5.23. The molecule has 0 radical (unpaired) electrons. The van der Waals surface area contributed by atoms with Crippen LogP contribution in [-0.2, 0) is 0 Å². The number of hydrogen-bond acceptors (Lipinski definition) is 3. The second-order valence-corrected chi connectivity index (χ2v) is 4.95. The van der Waals surface area contributed by atoms with Crippen LogP contribution in [0.25, 0.3) is 0 Å². The predicted molar refractivity (Wildman–Crippen MR) is 86.2 cm³/mol. The number of rotatable bonds is 6. The molecule has 0 heterocycles. The third-order valence-corrected chi connectivity index (χ3v) is 3.60. The zero-order chi connectivity index (χ0) is 15.2. The summed E-state index contributed by atoms with van der Waals surface area (Å²) in [6.07, 6.45) is 0. The summed E-state index contributed by atoms with van der Waals surface area (Å²) in [4.78, 5) is 0. The fraction of sp³-hybridized carbons (Fsp3) is 0.333. The minimum absolute atomic E-state index is 0.159. The van der Waals surface area contributed by atoms with E-state index >= 15 is 0 Å².